The van der Waals surface area contributed by atoms with Gasteiger partial charge in [0.2, 0.25) is 0 Å². The van der Waals surface area contributed by atoms with Crippen molar-refractivity contribution in [3.8, 4) is 0 Å². The Labute approximate surface area is 142 Å². The van der Waals surface area contributed by atoms with Gasteiger partial charge in [-0.3, -0.25) is 14.4 Å². The van der Waals surface area contributed by atoms with Gasteiger partial charge in [-0.2, -0.15) is 0 Å². The lowest BCUT2D eigenvalue weighted by atomic mass is 9.78. The maximum atomic E-state index is 12.3. The van der Waals surface area contributed by atoms with E-state index in [9.17, 15) is 14.4 Å². The number of rotatable bonds is 5. The second-order valence-electron chi connectivity index (χ2n) is 6.46. The molecule has 2 unspecified atom stereocenters. The van der Waals surface area contributed by atoms with Crippen molar-refractivity contribution in [1.29, 1.82) is 0 Å². The summed E-state index contributed by atoms with van der Waals surface area (Å²) >= 11 is 0. The number of esters is 2. The number of hydrogen-bond donors (Lipinski definition) is 0. The molecule has 0 heterocycles. The van der Waals surface area contributed by atoms with Gasteiger partial charge in [0.05, 0.1) is 20.1 Å². The molecule has 1 aromatic carbocycles. The summed E-state index contributed by atoms with van der Waals surface area (Å²) in [6, 6.07) is 5.68. The van der Waals surface area contributed by atoms with Gasteiger partial charge in [0.15, 0.2) is 5.78 Å². The Morgan fingerprint density at radius 1 is 1.25 bits per heavy atom. The van der Waals surface area contributed by atoms with Crippen molar-refractivity contribution >= 4 is 17.7 Å². The van der Waals surface area contributed by atoms with Gasteiger partial charge in [-0.1, -0.05) is 18.2 Å². The first-order valence-electron chi connectivity index (χ1n) is 8.14. The fourth-order valence-corrected chi connectivity index (χ4v) is 3.59. The summed E-state index contributed by atoms with van der Waals surface area (Å²) in [7, 11) is 2.69. The molecule has 0 aliphatic heterocycles. The molecule has 0 saturated heterocycles. The maximum Gasteiger partial charge on any atom is 0.319 e. The van der Waals surface area contributed by atoms with Crippen LogP contribution in [0.4, 0.5) is 0 Å². The van der Waals surface area contributed by atoms with E-state index in [1.54, 1.807) is 6.92 Å². The Hall–Kier alpha value is -2.17. The molecule has 2 atom stereocenters. The number of benzene rings is 1. The zero-order valence-electron chi connectivity index (χ0n) is 14.7. The molecule has 5 heteroatoms. The van der Waals surface area contributed by atoms with E-state index in [4.69, 9.17) is 9.47 Å². The summed E-state index contributed by atoms with van der Waals surface area (Å²) in [5.41, 5.74) is 1.66. The lowest BCUT2D eigenvalue weighted by Gasteiger charge is -2.25. The van der Waals surface area contributed by atoms with Crippen molar-refractivity contribution in [1.82, 2.24) is 0 Å². The Morgan fingerprint density at radius 3 is 2.46 bits per heavy atom. The van der Waals surface area contributed by atoms with Gasteiger partial charge < -0.3 is 9.47 Å². The van der Waals surface area contributed by atoms with E-state index in [2.05, 4.69) is 0 Å². The predicted molar refractivity (Wildman–Crippen MR) is 88.6 cm³/mol. The first-order valence-corrected chi connectivity index (χ1v) is 8.14. The minimum absolute atomic E-state index is 0.0426. The summed E-state index contributed by atoms with van der Waals surface area (Å²) in [6.45, 7) is 3.71. The number of aryl methyl sites for hydroxylation is 1. The van der Waals surface area contributed by atoms with E-state index in [0.29, 0.717) is 25.7 Å². The third-order valence-corrected chi connectivity index (χ3v) is 4.98. The van der Waals surface area contributed by atoms with E-state index >= 15 is 0 Å². The monoisotopic (exact) mass is 332 g/mol. The standard InChI is InChI=1S/C19H24O5/c1-12-10-14(7-8-15(12)13(2)17(21)23-3)11-19(18(22)24-4)9-5-6-16(19)20/h7-8,10,13H,5-6,9,11H2,1-4H3. The van der Waals surface area contributed by atoms with Gasteiger partial charge in [0.25, 0.3) is 0 Å². The van der Waals surface area contributed by atoms with Gasteiger partial charge >= 0.3 is 11.9 Å². The fourth-order valence-electron chi connectivity index (χ4n) is 3.59. The smallest absolute Gasteiger partial charge is 0.319 e. The first kappa shape index (κ1) is 18.2. The average Bonchev–Trinajstić information content (AvgIpc) is 2.94. The number of ketones is 1. The second kappa shape index (κ2) is 7.16. The van der Waals surface area contributed by atoms with Gasteiger partial charge in [-0.25, -0.2) is 0 Å². The minimum atomic E-state index is -1.06. The summed E-state index contributed by atoms with van der Waals surface area (Å²) in [6.07, 6.45) is 2.00. The number of carbonyl (C=O) groups excluding carboxylic acids is 3. The summed E-state index contributed by atoms with van der Waals surface area (Å²) < 4.78 is 9.69. The van der Waals surface area contributed by atoms with Crippen molar-refractivity contribution < 1.29 is 23.9 Å². The zero-order chi connectivity index (χ0) is 17.9. The zero-order valence-corrected chi connectivity index (χ0v) is 14.7. The first-order chi connectivity index (χ1) is 11.4. The van der Waals surface area contributed by atoms with Gasteiger partial charge in [-0.05, 0) is 49.8 Å². The molecule has 1 aliphatic carbocycles. The van der Waals surface area contributed by atoms with Gasteiger partial charge in [0.1, 0.15) is 5.41 Å². The van der Waals surface area contributed by atoms with Gasteiger partial charge in [0, 0.05) is 6.42 Å². The van der Waals surface area contributed by atoms with E-state index in [1.807, 2.05) is 25.1 Å². The highest BCUT2D eigenvalue weighted by Gasteiger charge is 2.49. The maximum absolute atomic E-state index is 12.3. The third-order valence-electron chi connectivity index (χ3n) is 4.98. The van der Waals surface area contributed by atoms with Crippen LogP contribution in [0.15, 0.2) is 18.2 Å². The highest BCUT2D eigenvalue weighted by Crippen LogP contribution is 2.39. The van der Waals surface area contributed by atoms with Crippen LogP contribution in [0.1, 0.15) is 48.8 Å². The quantitative estimate of drug-likeness (QED) is 0.612. The second-order valence-corrected chi connectivity index (χ2v) is 6.46. The fraction of sp³-hybridized carbons (Fsp3) is 0.526. The van der Waals surface area contributed by atoms with Crippen molar-refractivity contribution in [2.45, 2.75) is 45.4 Å². The van der Waals surface area contributed by atoms with Crippen LogP contribution in [0.3, 0.4) is 0 Å². The largest absolute Gasteiger partial charge is 0.469 e. The van der Waals surface area contributed by atoms with E-state index in [1.165, 1.54) is 14.2 Å². The molecule has 0 amide bonds. The summed E-state index contributed by atoms with van der Waals surface area (Å²) in [5.74, 6) is -1.14. The highest BCUT2D eigenvalue weighted by atomic mass is 16.5. The number of hydrogen-bond acceptors (Lipinski definition) is 5. The van der Waals surface area contributed by atoms with Crippen molar-refractivity contribution in [3.05, 3.63) is 34.9 Å². The van der Waals surface area contributed by atoms with Crippen LogP contribution >= 0.6 is 0 Å². The predicted octanol–water partition coefficient (Wildman–Crippen LogP) is 2.73. The summed E-state index contributed by atoms with van der Waals surface area (Å²) in [4.78, 5) is 36.3. The molecule has 0 bridgehead atoms. The molecule has 0 aromatic heterocycles. The molecule has 1 aromatic rings. The molecule has 1 fully saturated rings. The number of Topliss-reactive ketones (excluding diaryl/α,β-unsaturated/α-hetero) is 1. The molecule has 1 saturated carbocycles. The van der Waals surface area contributed by atoms with Crippen LogP contribution in [0.2, 0.25) is 0 Å². The molecule has 130 valence electrons. The van der Waals surface area contributed by atoms with E-state index in [0.717, 1.165) is 16.7 Å². The molecule has 0 N–H and O–H groups in total. The SMILES string of the molecule is COC(=O)C(C)c1ccc(CC2(C(=O)OC)CCCC2=O)cc1C. The van der Waals surface area contributed by atoms with Crippen molar-refractivity contribution in [2.75, 3.05) is 14.2 Å². The molecular formula is C19H24O5. The van der Waals surface area contributed by atoms with Crippen LogP contribution in [-0.2, 0) is 30.3 Å². The van der Waals surface area contributed by atoms with Crippen molar-refractivity contribution in [3.63, 3.8) is 0 Å². The molecule has 0 radical (unpaired) electrons. The molecular weight excluding hydrogens is 308 g/mol. The average molecular weight is 332 g/mol. The molecule has 2 rings (SSSR count). The Morgan fingerprint density at radius 2 is 1.96 bits per heavy atom. The van der Waals surface area contributed by atoms with Crippen LogP contribution in [-0.4, -0.2) is 31.9 Å². The van der Waals surface area contributed by atoms with Gasteiger partial charge in [-0.15, -0.1) is 0 Å². The molecule has 5 nitrogen and oxygen atoms in total. The molecule has 1 aliphatic rings. The summed E-state index contributed by atoms with van der Waals surface area (Å²) in [5, 5.41) is 0. The number of carbonyl (C=O) groups is 3. The number of ether oxygens (including phenoxy) is 2. The van der Waals surface area contributed by atoms with Crippen LogP contribution in [0.5, 0.6) is 0 Å². The van der Waals surface area contributed by atoms with Crippen molar-refractivity contribution in [2.24, 2.45) is 5.41 Å². The topological polar surface area (TPSA) is 69.7 Å². The Bertz CT molecular complexity index is 664. The normalized spacial score (nSPS) is 21.4. The third kappa shape index (κ3) is 3.21. The number of methoxy groups -OCH3 is 2. The molecule has 24 heavy (non-hydrogen) atoms. The highest BCUT2D eigenvalue weighted by molar-refractivity contribution is 6.05. The van der Waals surface area contributed by atoms with Crippen LogP contribution < -0.4 is 0 Å². The Kier molecular flexibility index (Phi) is 5.42. The molecule has 0 spiro atoms. The van der Waals surface area contributed by atoms with Crippen LogP contribution in [0.25, 0.3) is 0 Å². The lowest BCUT2D eigenvalue weighted by molar-refractivity contribution is -0.156. The lowest BCUT2D eigenvalue weighted by Crippen LogP contribution is -2.38. The van der Waals surface area contributed by atoms with Crippen LogP contribution in [0, 0.1) is 12.3 Å². The van der Waals surface area contributed by atoms with E-state index in [-0.39, 0.29) is 17.7 Å². The minimum Gasteiger partial charge on any atom is -0.469 e. The Balaban J connectivity index is 2.30. The van der Waals surface area contributed by atoms with E-state index < -0.39 is 11.4 Å².